The molecule has 6 rings (SSSR count). The molecule has 3 heterocycles. The number of fused-ring (bicyclic) bond motifs is 2. The fourth-order valence-electron chi connectivity index (χ4n) is 5.05. The van der Waals surface area contributed by atoms with E-state index in [4.69, 9.17) is 13.0 Å². The van der Waals surface area contributed by atoms with E-state index in [1.54, 1.807) is 12.1 Å². The van der Waals surface area contributed by atoms with E-state index >= 15 is 0 Å². The van der Waals surface area contributed by atoms with Crippen LogP contribution in [0.1, 0.15) is 24.8 Å². The lowest BCUT2D eigenvalue weighted by Gasteiger charge is -2.21. The molecule has 1 saturated heterocycles. The Bertz CT molecular complexity index is 2050. The number of hydrogen-bond donors (Lipinski definition) is 0. The van der Waals surface area contributed by atoms with Gasteiger partial charge in [0.1, 0.15) is 28.5 Å². The Hall–Kier alpha value is -4.07. The Morgan fingerprint density at radius 1 is 0.857 bits per heavy atom. The molecule has 0 aliphatic carbocycles. The summed E-state index contributed by atoms with van der Waals surface area (Å²) in [7, 11) is -8.52. The molecule has 0 N–H and O–H groups in total. The van der Waals surface area contributed by atoms with E-state index in [1.165, 1.54) is 48.5 Å². The number of sulfonamides is 1. The lowest BCUT2D eigenvalue weighted by molar-refractivity contribution is -0.122. The van der Waals surface area contributed by atoms with Crippen LogP contribution in [0.25, 0.3) is 21.9 Å². The first-order valence-corrected chi connectivity index (χ1v) is 15.8. The van der Waals surface area contributed by atoms with Crippen LogP contribution in [0.15, 0.2) is 91.8 Å². The lowest BCUT2D eigenvalue weighted by atomic mass is 10.0. The van der Waals surface area contributed by atoms with E-state index in [0.717, 1.165) is 16.4 Å². The highest BCUT2D eigenvalue weighted by Crippen LogP contribution is 2.32. The molecule has 5 aromatic rings. The molecule has 1 fully saturated rings. The highest BCUT2D eigenvalue weighted by Gasteiger charge is 2.40. The summed E-state index contributed by atoms with van der Waals surface area (Å²) in [5.74, 6) is -1.38. The van der Waals surface area contributed by atoms with Crippen molar-refractivity contribution in [3.8, 4) is 5.75 Å². The van der Waals surface area contributed by atoms with Crippen LogP contribution in [0.2, 0.25) is 0 Å². The van der Waals surface area contributed by atoms with Gasteiger partial charge in [-0.1, -0.05) is 12.1 Å². The van der Waals surface area contributed by atoms with Gasteiger partial charge in [-0.2, -0.15) is 12.7 Å². The van der Waals surface area contributed by atoms with Gasteiger partial charge >= 0.3 is 10.1 Å². The minimum absolute atomic E-state index is 0.00658. The Morgan fingerprint density at radius 2 is 1.50 bits per heavy atom. The van der Waals surface area contributed by atoms with Crippen molar-refractivity contribution >= 4 is 47.9 Å². The maximum Gasteiger partial charge on any atom is 0.373 e. The predicted molar refractivity (Wildman–Crippen MR) is 147 cm³/mol. The van der Waals surface area contributed by atoms with E-state index in [0.29, 0.717) is 23.8 Å². The first-order valence-electron chi connectivity index (χ1n) is 13.0. The number of furan rings is 2. The van der Waals surface area contributed by atoms with Gasteiger partial charge in [0.15, 0.2) is 5.78 Å². The van der Waals surface area contributed by atoms with Gasteiger partial charge in [0.25, 0.3) is 15.1 Å². The third-order valence-corrected chi connectivity index (χ3v) is 9.93. The average molecular weight is 616 g/mol. The maximum absolute atomic E-state index is 13.6. The van der Waals surface area contributed by atoms with Gasteiger partial charge in [-0.25, -0.2) is 17.2 Å². The second-order valence-electron chi connectivity index (χ2n) is 9.92. The third kappa shape index (κ3) is 5.42. The van der Waals surface area contributed by atoms with Crippen LogP contribution in [-0.2, 0) is 31.4 Å². The van der Waals surface area contributed by atoms with Gasteiger partial charge in [-0.05, 0) is 73.4 Å². The topological polar surface area (TPSA) is 124 Å². The smallest absolute Gasteiger partial charge is 0.373 e. The summed E-state index contributed by atoms with van der Waals surface area (Å²) in [6, 6.07) is 15.0. The van der Waals surface area contributed by atoms with Gasteiger partial charge in [-0.15, -0.1) is 0 Å². The van der Waals surface area contributed by atoms with Crippen LogP contribution < -0.4 is 4.18 Å². The number of carbonyl (C=O) groups excluding carboxylic acids is 1. The molecule has 0 saturated carbocycles. The van der Waals surface area contributed by atoms with Crippen molar-refractivity contribution in [2.24, 2.45) is 0 Å². The van der Waals surface area contributed by atoms with Crippen LogP contribution >= 0.6 is 0 Å². The second-order valence-corrected chi connectivity index (χ2v) is 13.2. The molecule has 0 spiro atoms. The summed E-state index contributed by atoms with van der Waals surface area (Å²) >= 11 is 0. The molecule has 3 aromatic carbocycles. The van der Waals surface area contributed by atoms with E-state index < -0.39 is 42.9 Å². The number of carbonyl (C=O) groups is 1. The lowest BCUT2D eigenvalue weighted by Crippen LogP contribution is -2.40. The second kappa shape index (κ2) is 10.6. The van der Waals surface area contributed by atoms with Gasteiger partial charge in [0, 0.05) is 35.9 Å². The molecule has 42 heavy (non-hydrogen) atoms. The van der Waals surface area contributed by atoms with Crippen molar-refractivity contribution in [1.29, 1.82) is 0 Å². The normalized spacial score (nSPS) is 16.4. The standard InChI is InChI=1S/C29H23F2NO8S2/c30-21-7-10-26-19(14-21)16-28(38-26)41(34,35)32-12-2-5-24(32)25(33)9-6-18-3-1-4-23(13-18)40-42(36,37)29-17-20-15-22(31)8-11-27(20)39-29/h1,3-4,7-8,10-11,13-17,24H,2,5-6,9,12H2/t24-/m0/s1. The molecule has 218 valence electrons. The molecule has 13 heteroatoms. The van der Waals surface area contributed by atoms with Crippen molar-refractivity contribution in [2.75, 3.05) is 6.54 Å². The Kier molecular flexibility index (Phi) is 7.11. The van der Waals surface area contributed by atoms with E-state index in [9.17, 15) is 30.4 Å². The fourth-order valence-corrected chi connectivity index (χ4v) is 7.58. The van der Waals surface area contributed by atoms with Gasteiger partial charge in [-0.3, -0.25) is 4.79 Å². The summed E-state index contributed by atoms with van der Waals surface area (Å²) in [6.07, 6.45) is 1.03. The number of benzene rings is 3. The number of Topliss-reactive ketones (excluding diaryl/α,β-unsaturated/α-hetero) is 1. The summed E-state index contributed by atoms with van der Waals surface area (Å²) in [5.41, 5.74) is 0.993. The molecular weight excluding hydrogens is 592 g/mol. The van der Waals surface area contributed by atoms with Crippen LogP contribution in [-0.4, -0.2) is 39.5 Å². The number of aryl methyl sites for hydroxylation is 1. The number of rotatable bonds is 9. The fraction of sp³-hybridized carbons (Fsp3) is 0.207. The Balaban J connectivity index is 1.14. The average Bonchev–Trinajstić information content (AvgIpc) is 3.70. The highest BCUT2D eigenvalue weighted by molar-refractivity contribution is 7.89. The number of nitrogens with zero attached hydrogens (tertiary/aromatic N) is 1. The summed E-state index contributed by atoms with van der Waals surface area (Å²) < 4.78 is 96.4. The van der Waals surface area contributed by atoms with Crippen LogP contribution in [0, 0.1) is 11.6 Å². The zero-order valence-corrected chi connectivity index (χ0v) is 23.5. The Labute approximate surface area is 239 Å². The number of hydrogen-bond acceptors (Lipinski definition) is 8. The molecule has 0 radical (unpaired) electrons. The largest absolute Gasteiger partial charge is 0.443 e. The molecular formula is C29H23F2NO8S2. The van der Waals surface area contributed by atoms with E-state index in [-0.39, 0.29) is 52.6 Å². The number of halogens is 2. The quantitative estimate of drug-likeness (QED) is 0.197. The van der Waals surface area contributed by atoms with Gasteiger partial charge in [0.2, 0.25) is 5.09 Å². The van der Waals surface area contributed by atoms with Crippen molar-refractivity contribution < 1.29 is 43.4 Å². The summed E-state index contributed by atoms with van der Waals surface area (Å²) in [4.78, 5) is 13.2. The summed E-state index contributed by atoms with van der Waals surface area (Å²) in [5, 5.41) is -0.278. The number of ketones is 1. The minimum atomic E-state index is -4.37. The van der Waals surface area contributed by atoms with Crippen LogP contribution in [0.3, 0.4) is 0 Å². The first-order chi connectivity index (χ1) is 20.0. The zero-order chi connectivity index (χ0) is 29.6. The van der Waals surface area contributed by atoms with Gasteiger partial charge in [0.05, 0.1) is 6.04 Å². The molecule has 1 atom stereocenters. The molecule has 0 amide bonds. The molecule has 0 unspecified atom stereocenters. The van der Waals surface area contributed by atoms with Crippen molar-refractivity contribution in [1.82, 2.24) is 4.31 Å². The van der Waals surface area contributed by atoms with Crippen molar-refractivity contribution in [3.05, 3.63) is 90.0 Å². The van der Waals surface area contributed by atoms with Crippen LogP contribution in [0.4, 0.5) is 8.78 Å². The molecule has 1 aliphatic heterocycles. The monoisotopic (exact) mass is 615 g/mol. The summed E-state index contributed by atoms with van der Waals surface area (Å²) in [6.45, 7) is 0.139. The maximum atomic E-state index is 13.6. The van der Waals surface area contributed by atoms with Crippen LogP contribution in [0.5, 0.6) is 5.75 Å². The Morgan fingerprint density at radius 3 is 2.19 bits per heavy atom. The first kappa shape index (κ1) is 28.1. The van der Waals surface area contributed by atoms with E-state index in [1.807, 2.05) is 0 Å². The minimum Gasteiger partial charge on any atom is -0.443 e. The van der Waals surface area contributed by atoms with Crippen molar-refractivity contribution in [2.45, 2.75) is 41.9 Å². The third-order valence-electron chi connectivity index (χ3n) is 7.06. The molecule has 1 aliphatic rings. The molecule has 0 bridgehead atoms. The highest BCUT2D eigenvalue weighted by atomic mass is 32.2. The molecule has 9 nitrogen and oxygen atoms in total. The zero-order valence-electron chi connectivity index (χ0n) is 21.8. The molecule has 2 aromatic heterocycles. The predicted octanol–water partition coefficient (Wildman–Crippen LogP) is 5.58. The van der Waals surface area contributed by atoms with Gasteiger partial charge < -0.3 is 13.0 Å². The van der Waals surface area contributed by atoms with Crippen molar-refractivity contribution in [3.63, 3.8) is 0 Å². The SMILES string of the molecule is O=C(CCc1cccc(OS(=O)(=O)c2cc3cc(F)ccc3o2)c1)[C@@H]1CCCN1S(=O)(=O)c1cc2cc(F)ccc2o1. The van der Waals surface area contributed by atoms with E-state index in [2.05, 4.69) is 0 Å².